The molecule has 0 aliphatic rings. The highest BCUT2D eigenvalue weighted by atomic mass is 32.1. The minimum Gasteiger partial charge on any atom is -0.383 e. The van der Waals surface area contributed by atoms with Gasteiger partial charge in [0.05, 0.1) is 24.2 Å². The molecule has 0 spiro atoms. The molecule has 72 valence electrons. The lowest BCUT2D eigenvalue weighted by molar-refractivity contribution is -0.120. The van der Waals surface area contributed by atoms with Crippen molar-refractivity contribution < 1.29 is 9.53 Å². The first-order valence-electron chi connectivity index (χ1n) is 3.95. The predicted octanol–water partition coefficient (Wildman–Crippen LogP) is 0.448. The molecule has 0 aliphatic heterocycles. The van der Waals surface area contributed by atoms with Gasteiger partial charge in [0, 0.05) is 19.0 Å². The van der Waals surface area contributed by atoms with Crippen LogP contribution < -0.4 is 5.32 Å². The van der Waals surface area contributed by atoms with E-state index < -0.39 is 0 Å². The largest absolute Gasteiger partial charge is 0.383 e. The van der Waals surface area contributed by atoms with Gasteiger partial charge in [0.2, 0.25) is 5.91 Å². The molecule has 1 N–H and O–H groups in total. The molecule has 13 heavy (non-hydrogen) atoms. The van der Waals surface area contributed by atoms with Crippen LogP contribution in [-0.2, 0) is 16.0 Å². The molecule has 0 atom stereocenters. The van der Waals surface area contributed by atoms with Gasteiger partial charge in [-0.15, -0.1) is 11.3 Å². The van der Waals surface area contributed by atoms with Crippen LogP contribution in [0.25, 0.3) is 0 Å². The van der Waals surface area contributed by atoms with Gasteiger partial charge in [0.15, 0.2) is 0 Å². The number of amides is 1. The summed E-state index contributed by atoms with van der Waals surface area (Å²) in [5.74, 6) is -0.0112. The minimum absolute atomic E-state index is 0.0112. The Bertz CT molecular complexity index is 249. The summed E-state index contributed by atoms with van der Waals surface area (Å²) < 4.78 is 4.80. The van der Waals surface area contributed by atoms with Crippen LogP contribution in [0.2, 0.25) is 0 Å². The second kappa shape index (κ2) is 5.66. The van der Waals surface area contributed by atoms with E-state index in [0.29, 0.717) is 19.6 Å². The molecule has 0 saturated carbocycles. The van der Waals surface area contributed by atoms with Crippen molar-refractivity contribution >= 4 is 17.2 Å². The standard InChI is InChI=1S/C8H12N2O2S/c1-12-3-2-9-8(11)4-7-5-13-6-10-7/h5-6H,2-4H2,1H3,(H,9,11). The molecule has 0 fully saturated rings. The molecule has 0 saturated heterocycles. The van der Waals surface area contributed by atoms with Crippen LogP contribution in [0, 0.1) is 0 Å². The number of hydrogen-bond donors (Lipinski definition) is 1. The predicted molar refractivity (Wildman–Crippen MR) is 50.7 cm³/mol. The molecule has 1 rings (SSSR count). The zero-order valence-electron chi connectivity index (χ0n) is 7.45. The lowest BCUT2D eigenvalue weighted by Gasteiger charge is -2.01. The number of rotatable bonds is 5. The number of carbonyl (C=O) groups excluding carboxylic acids is 1. The summed E-state index contributed by atoms with van der Waals surface area (Å²) >= 11 is 1.49. The maximum absolute atomic E-state index is 11.2. The Morgan fingerprint density at radius 2 is 2.62 bits per heavy atom. The molecule has 1 aromatic heterocycles. The number of nitrogens with zero attached hydrogens (tertiary/aromatic N) is 1. The Morgan fingerprint density at radius 1 is 1.77 bits per heavy atom. The maximum Gasteiger partial charge on any atom is 0.226 e. The van der Waals surface area contributed by atoms with Crippen molar-refractivity contribution in [2.75, 3.05) is 20.3 Å². The van der Waals surface area contributed by atoms with Crippen LogP contribution in [0.5, 0.6) is 0 Å². The fraction of sp³-hybridized carbons (Fsp3) is 0.500. The second-order valence-corrected chi connectivity index (χ2v) is 3.22. The average molecular weight is 200 g/mol. The SMILES string of the molecule is COCCNC(=O)Cc1cscn1. The van der Waals surface area contributed by atoms with Crippen molar-refractivity contribution in [1.29, 1.82) is 0 Å². The van der Waals surface area contributed by atoms with Gasteiger partial charge in [-0.25, -0.2) is 4.98 Å². The Labute approximate surface area is 80.9 Å². The van der Waals surface area contributed by atoms with Gasteiger partial charge in [-0.05, 0) is 0 Å². The number of hydrogen-bond acceptors (Lipinski definition) is 4. The second-order valence-electron chi connectivity index (χ2n) is 2.50. The van der Waals surface area contributed by atoms with E-state index in [0.717, 1.165) is 5.69 Å². The number of carbonyl (C=O) groups is 1. The number of thiazole rings is 1. The van der Waals surface area contributed by atoms with Crippen LogP contribution in [0.1, 0.15) is 5.69 Å². The molecule has 0 aromatic carbocycles. The van der Waals surface area contributed by atoms with Crippen LogP contribution in [0.15, 0.2) is 10.9 Å². The molecule has 1 heterocycles. The number of methoxy groups -OCH3 is 1. The summed E-state index contributed by atoms with van der Waals surface area (Å²) in [7, 11) is 1.60. The Hall–Kier alpha value is -0.940. The van der Waals surface area contributed by atoms with Gasteiger partial charge < -0.3 is 10.1 Å². The number of aromatic nitrogens is 1. The van der Waals surface area contributed by atoms with Gasteiger partial charge in [0.25, 0.3) is 0 Å². The van der Waals surface area contributed by atoms with Crippen molar-refractivity contribution in [3.05, 3.63) is 16.6 Å². The average Bonchev–Trinajstić information content (AvgIpc) is 2.57. The summed E-state index contributed by atoms with van der Waals surface area (Å²) in [6.45, 7) is 1.10. The highest BCUT2D eigenvalue weighted by Gasteiger charge is 2.03. The van der Waals surface area contributed by atoms with E-state index >= 15 is 0 Å². The van der Waals surface area contributed by atoms with Gasteiger partial charge in [-0.2, -0.15) is 0 Å². The third kappa shape index (κ3) is 4.00. The third-order valence-electron chi connectivity index (χ3n) is 1.45. The molecule has 0 radical (unpaired) electrons. The fourth-order valence-corrected chi connectivity index (χ4v) is 1.40. The van der Waals surface area contributed by atoms with Crippen molar-refractivity contribution in [1.82, 2.24) is 10.3 Å². The molecule has 4 nitrogen and oxygen atoms in total. The summed E-state index contributed by atoms with van der Waals surface area (Å²) in [5, 5.41) is 4.59. The van der Waals surface area contributed by atoms with Crippen LogP contribution in [0.4, 0.5) is 0 Å². The van der Waals surface area contributed by atoms with E-state index in [-0.39, 0.29) is 5.91 Å². The normalized spacial score (nSPS) is 9.92. The minimum atomic E-state index is -0.0112. The van der Waals surface area contributed by atoms with E-state index in [1.165, 1.54) is 11.3 Å². The zero-order valence-corrected chi connectivity index (χ0v) is 8.26. The van der Waals surface area contributed by atoms with E-state index in [1.54, 1.807) is 12.6 Å². The highest BCUT2D eigenvalue weighted by Crippen LogP contribution is 2.00. The van der Waals surface area contributed by atoms with Crippen LogP contribution in [0.3, 0.4) is 0 Å². The third-order valence-corrected chi connectivity index (χ3v) is 2.09. The molecule has 0 bridgehead atoms. The topological polar surface area (TPSA) is 51.2 Å². The lowest BCUT2D eigenvalue weighted by Crippen LogP contribution is -2.28. The fourth-order valence-electron chi connectivity index (χ4n) is 0.844. The van der Waals surface area contributed by atoms with Crippen LogP contribution >= 0.6 is 11.3 Å². The maximum atomic E-state index is 11.2. The first-order valence-corrected chi connectivity index (χ1v) is 4.90. The van der Waals surface area contributed by atoms with Crippen molar-refractivity contribution in [3.8, 4) is 0 Å². The Morgan fingerprint density at radius 3 is 3.23 bits per heavy atom. The first-order chi connectivity index (χ1) is 6.33. The number of nitrogens with one attached hydrogen (secondary N) is 1. The van der Waals surface area contributed by atoms with Crippen molar-refractivity contribution in [2.45, 2.75) is 6.42 Å². The van der Waals surface area contributed by atoms with E-state index in [2.05, 4.69) is 10.3 Å². The molecule has 5 heteroatoms. The molecular weight excluding hydrogens is 188 g/mol. The molecule has 0 unspecified atom stereocenters. The molecule has 0 aliphatic carbocycles. The quantitative estimate of drug-likeness (QED) is 0.702. The molecule has 1 aromatic rings. The first kappa shape index (κ1) is 10.1. The van der Waals surface area contributed by atoms with Crippen molar-refractivity contribution in [3.63, 3.8) is 0 Å². The summed E-state index contributed by atoms with van der Waals surface area (Å²) in [6.07, 6.45) is 0.354. The van der Waals surface area contributed by atoms with E-state index in [1.807, 2.05) is 5.38 Å². The van der Waals surface area contributed by atoms with Crippen molar-refractivity contribution in [2.24, 2.45) is 0 Å². The van der Waals surface area contributed by atoms with E-state index in [9.17, 15) is 4.79 Å². The zero-order chi connectivity index (χ0) is 9.52. The summed E-state index contributed by atoms with van der Waals surface area (Å²) in [4.78, 5) is 15.2. The monoisotopic (exact) mass is 200 g/mol. The highest BCUT2D eigenvalue weighted by molar-refractivity contribution is 7.07. The van der Waals surface area contributed by atoms with Crippen LogP contribution in [-0.4, -0.2) is 31.2 Å². The molecule has 1 amide bonds. The van der Waals surface area contributed by atoms with Gasteiger partial charge in [-0.3, -0.25) is 4.79 Å². The van der Waals surface area contributed by atoms with E-state index in [4.69, 9.17) is 4.74 Å². The molecular formula is C8H12N2O2S. The van der Waals surface area contributed by atoms with Gasteiger partial charge in [0.1, 0.15) is 0 Å². The van der Waals surface area contributed by atoms with Gasteiger partial charge >= 0.3 is 0 Å². The summed E-state index contributed by atoms with van der Waals surface area (Å²) in [5.41, 5.74) is 2.54. The Balaban J connectivity index is 2.18. The summed E-state index contributed by atoms with van der Waals surface area (Å²) in [6, 6.07) is 0. The smallest absolute Gasteiger partial charge is 0.226 e. The lowest BCUT2D eigenvalue weighted by atomic mass is 10.3. The number of ether oxygens (including phenoxy) is 1. The Kier molecular flexibility index (Phi) is 4.42. The van der Waals surface area contributed by atoms with Gasteiger partial charge in [-0.1, -0.05) is 0 Å².